The van der Waals surface area contributed by atoms with Crippen molar-refractivity contribution in [2.75, 3.05) is 39.6 Å². The van der Waals surface area contributed by atoms with Crippen LogP contribution in [0, 0.1) is 17.8 Å². The molecule has 0 aromatic rings. The van der Waals surface area contributed by atoms with Gasteiger partial charge in [0.15, 0.2) is 12.2 Å². The third-order valence-electron chi connectivity index (χ3n) is 16.4. The van der Waals surface area contributed by atoms with Crippen LogP contribution >= 0.6 is 15.6 Å². The van der Waals surface area contributed by atoms with Crippen LogP contribution in [0.1, 0.15) is 337 Å². The fraction of sp³-hybridized carbons (Fsp3) is 0.889. The predicted octanol–water partition coefficient (Wildman–Crippen LogP) is 20.2. The number of phosphoric ester groups is 2. The Labute approximate surface area is 554 Å². The van der Waals surface area contributed by atoms with Gasteiger partial charge in [0.25, 0.3) is 0 Å². The molecular formula is C72H136O17P2. The number of allylic oxidation sites excluding steroid dienone is 4. The molecule has 3 N–H and O–H groups in total. The van der Waals surface area contributed by atoms with E-state index in [4.69, 9.17) is 37.0 Å². The molecule has 0 aliphatic rings. The van der Waals surface area contributed by atoms with Crippen molar-refractivity contribution in [2.45, 2.75) is 356 Å². The Morgan fingerprint density at radius 3 is 0.978 bits per heavy atom. The van der Waals surface area contributed by atoms with E-state index < -0.39 is 97.5 Å². The number of hydrogen-bond acceptors (Lipinski definition) is 15. The number of carbonyl (C=O) groups excluding carboxylic acids is 4. The van der Waals surface area contributed by atoms with Crippen molar-refractivity contribution in [3.63, 3.8) is 0 Å². The van der Waals surface area contributed by atoms with Gasteiger partial charge in [0, 0.05) is 25.7 Å². The quantitative estimate of drug-likeness (QED) is 0.0169. The molecule has 0 rings (SSSR count). The van der Waals surface area contributed by atoms with Gasteiger partial charge in [0.1, 0.15) is 19.3 Å². The molecule has 0 aromatic heterocycles. The molecule has 0 saturated heterocycles. The van der Waals surface area contributed by atoms with E-state index in [1.807, 2.05) is 0 Å². The van der Waals surface area contributed by atoms with Gasteiger partial charge in [0.05, 0.1) is 26.4 Å². The van der Waals surface area contributed by atoms with Crippen molar-refractivity contribution >= 4 is 39.5 Å². The summed E-state index contributed by atoms with van der Waals surface area (Å²) in [6.45, 7) is 11.7. The lowest BCUT2D eigenvalue weighted by molar-refractivity contribution is -0.161. The first kappa shape index (κ1) is 88.5. The first-order chi connectivity index (χ1) is 43.8. The van der Waals surface area contributed by atoms with Gasteiger partial charge in [-0.05, 0) is 69.1 Å². The van der Waals surface area contributed by atoms with E-state index in [0.29, 0.717) is 25.7 Å². The highest BCUT2D eigenvalue weighted by molar-refractivity contribution is 7.47. The predicted molar refractivity (Wildman–Crippen MR) is 367 cm³/mol. The summed E-state index contributed by atoms with van der Waals surface area (Å²) in [5.74, 6) is 0.0767. The Morgan fingerprint density at radius 1 is 0.363 bits per heavy atom. The van der Waals surface area contributed by atoms with Crippen LogP contribution in [0.5, 0.6) is 0 Å². The molecule has 0 aliphatic heterocycles. The maximum atomic E-state index is 13.0. The summed E-state index contributed by atoms with van der Waals surface area (Å²) in [5, 5.41) is 10.6. The molecule has 0 saturated carbocycles. The van der Waals surface area contributed by atoms with Crippen molar-refractivity contribution in [1.82, 2.24) is 0 Å². The number of rotatable bonds is 68. The highest BCUT2D eigenvalue weighted by Gasteiger charge is 2.30. The minimum absolute atomic E-state index is 0.0844. The van der Waals surface area contributed by atoms with Gasteiger partial charge in [-0.15, -0.1) is 0 Å². The highest BCUT2D eigenvalue weighted by Crippen LogP contribution is 2.45. The maximum absolute atomic E-state index is 13.0. The fourth-order valence-electron chi connectivity index (χ4n) is 10.3. The molecule has 3 unspecified atom stereocenters. The zero-order valence-electron chi connectivity index (χ0n) is 58.8. The van der Waals surface area contributed by atoms with Crippen molar-refractivity contribution < 1.29 is 80.2 Å². The molecular weight excluding hydrogens is 1200 g/mol. The number of aliphatic hydroxyl groups excluding tert-OH is 1. The van der Waals surface area contributed by atoms with Crippen molar-refractivity contribution in [3.05, 3.63) is 24.3 Å². The van der Waals surface area contributed by atoms with Gasteiger partial charge in [0.2, 0.25) is 0 Å². The standard InChI is InChI=1S/C72H136O17P2/c1-8-10-11-12-13-14-15-16-17-18-21-27-32-41-48-55-71(76)88-67(59-82-69(74)53-46-39-31-26-22-19-20-24-29-36-43-50-63(3)4)61-86-90(78,79)84-57-66(73)58-85-91(80,81)87-62-68(60-83-70(75)54-47-40-35-34-38-45-52-65(7)9-2)89-72(77)56-49-42-33-28-23-25-30-37-44-51-64(5)6/h14-17,63-68,73H,8-13,18-62H2,1-7H3,(H,78,79)(H,80,81)/b15-14-,17-16-/t65?,66-,67-,68-/m1/s1. The SMILES string of the molecule is CCCCCC/C=C\C=C/CCCCCCCC(=O)O[C@H](COC(=O)CCCCCCCCCCCCCC(C)C)COP(=O)(O)OC[C@@H](O)COP(=O)(O)OC[C@@H](COC(=O)CCCCCCCCC(C)CC)OC(=O)CCCCCCCCCCCC(C)C. The summed E-state index contributed by atoms with van der Waals surface area (Å²) in [6.07, 6.45) is 49.4. The van der Waals surface area contributed by atoms with Crippen LogP contribution in [0.2, 0.25) is 0 Å². The number of ether oxygens (including phenoxy) is 4. The molecule has 6 atom stereocenters. The van der Waals surface area contributed by atoms with Crippen LogP contribution in [-0.4, -0.2) is 96.7 Å². The molecule has 536 valence electrons. The number of esters is 4. The van der Waals surface area contributed by atoms with E-state index in [2.05, 4.69) is 72.8 Å². The normalized spacial score (nSPS) is 14.6. The number of aliphatic hydroxyl groups is 1. The smallest absolute Gasteiger partial charge is 0.462 e. The van der Waals surface area contributed by atoms with Gasteiger partial charge in [-0.25, -0.2) is 9.13 Å². The molecule has 0 heterocycles. The van der Waals surface area contributed by atoms with Crippen molar-refractivity contribution in [1.29, 1.82) is 0 Å². The molecule has 0 radical (unpaired) electrons. The second kappa shape index (κ2) is 62.4. The van der Waals surface area contributed by atoms with Crippen LogP contribution < -0.4 is 0 Å². The largest absolute Gasteiger partial charge is 0.472 e. The molecule has 91 heavy (non-hydrogen) atoms. The molecule has 17 nitrogen and oxygen atoms in total. The molecule has 0 fully saturated rings. The highest BCUT2D eigenvalue weighted by atomic mass is 31.2. The van der Waals surface area contributed by atoms with Gasteiger partial charge < -0.3 is 33.8 Å². The van der Waals surface area contributed by atoms with Gasteiger partial charge in [-0.1, -0.05) is 285 Å². The van der Waals surface area contributed by atoms with Crippen LogP contribution in [-0.2, 0) is 65.4 Å². The average molecular weight is 1340 g/mol. The summed E-state index contributed by atoms with van der Waals surface area (Å²) < 4.78 is 68.3. The molecule has 0 amide bonds. The second-order valence-corrected chi connectivity index (χ2v) is 29.4. The molecule has 0 spiro atoms. The summed E-state index contributed by atoms with van der Waals surface area (Å²) in [7, 11) is -9.92. The Kier molecular flexibility index (Phi) is 60.7. The molecule has 0 aromatic carbocycles. The summed E-state index contributed by atoms with van der Waals surface area (Å²) >= 11 is 0. The molecule has 0 bridgehead atoms. The van der Waals surface area contributed by atoms with Crippen LogP contribution in [0.4, 0.5) is 0 Å². The zero-order chi connectivity index (χ0) is 67.3. The topological polar surface area (TPSA) is 237 Å². The average Bonchev–Trinajstić information content (AvgIpc) is 3.42. The number of carbonyl (C=O) groups is 4. The van der Waals surface area contributed by atoms with Crippen LogP contribution in [0.3, 0.4) is 0 Å². The number of phosphoric acid groups is 2. The van der Waals surface area contributed by atoms with Crippen molar-refractivity contribution in [3.8, 4) is 0 Å². The molecule has 0 aliphatic carbocycles. The minimum Gasteiger partial charge on any atom is -0.462 e. The van der Waals surface area contributed by atoms with E-state index in [1.54, 1.807) is 0 Å². The van der Waals surface area contributed by atoms with Crippen molar-refractivity contribution in [2.24, 2.45) is 17.8 Å². The summed E-state index contributed by atoms with van der Waals surface area (Å²) in [4.78, 5) is 72.6. The Morgan fingerprint density at radius 2 is 0.648 bits per heavy atom. The van der Waals surface area contributed by atoms with E-state index >= 15 is 0 Å². The van der Waals surface area contributed by atoms with Gasteiger partial charge in [-0.2, -0.15) is 0 Å². The van der Waals surface area contributed by atoms with Gasteiger partial charge >= 0.3 is 39.5 Å². The first-order valence-corrected chi connectivity index (χ1v) is 39.7. The summed E-state index contributed by atoms with van der Waals surface area (Å²) in [6, 6.07) is 0. The second-order valence-electron chi connectivity index (χ2n) is 26.5. The number of unbranched alkanes of at least 4 members (excludes halogenated alkanes) is 32. The van der Waals surface area contributed by atoms with Gasteiger partial charge in [-0.3, -0.25) is 37.3 Å². The van der Waals surface area contributed by atoms with E-state index in [0.717, 1.165) is 127 Å². The monoisotopic (exact) mass is 1330 g/mol. The zero-order valence-corrected chi connectivity index (χ0v) is 60.6. The van der Waals surface area contributed by atoms with E-state index in [-0.39, 0.29) is 25.7 Å². The Bertz CT molecular complexity index is 1880. The third kappa shape index (κ3) is 64.6. The first-order valence-electron chi connectivity index (χ1n) is 36.7. The lowest BCUT2D eigenvalue weighted by Gasteiger charge is -2.21. The summed E-state index contributed by atoms with van der Waals surface area (Å²) in [5.41, 5.74) is 0. The minimum atomic E-state index is -4.96. The van der Waals surface area contributed by atoms with E-state index in [9.17, 15) is 43.2 Å². The lowest BCUT2D eigenvalue weighted by atomic mass is 10.00. The van der Waals surface area contributed by atoms with Crippen LogP contribution in [0.25, 0.3) is 0 Å². The number of hydrogen-bond donors (Lipinski definition) is 3. The third-order valence-corrected chi connectivity index (χ3v) is 18.3. The maximum Gasteiger partial charge on any atom is 0.472 e. The fourth-order valence-corrected chi connectivity index (χ4v) is 11.9. The van der Waals surface area contributed by atoms with E-state index in [1.165, 1.54) is 128 Å². The van der Waals surface area contributed by atoms with Crippen LogP contribution in [0.15, 0.2) is 24.3 Å². The Hall–Kier alpha value is -2.46. The lowest BCUT2D eigenvalue weighted by Crippen LogP contribution is -2.30. The molecule has 19 heteroatoms. The Balaban J connectivity index is 5.30.